The number of carbonyl (C=O) groups excluding carboxylic acids is 3. The van der Waals surface area contributed by atoms with Crippen molar-refractivity contribution in [3.8, 4) is 0 Å². The van der Waals surface area contributed by atoms with Gasteiger partial charge in [-0.25, -0.2) is 9.18 Å². The standard InChI is InChI=1S/C16H18FN3O3/c17-12-3-1-11(2-4-12)9-14(21)19-7-5-13(6-8-19)20-15(22)10-18-16(20)23/h1-4,13H,5-10H2,(H,18,23). The number of halogens is 1. The molecule has 0 aromatic heterocycles. The molecule has 1 aromatic carbocycles. The number of amides is 4. The molecule has 4 amide bonds. The molecule has 7 heteroatoms. The van der Waals surface area contributed by atoms with E-state index >= 15 is 0 Å². The molecule has 1 aromatic rings. The maximum atomic E-state index is 12.9. The fourth-order valence-corrected chi connectivity index (χ4v) is 3.07. The molecule has 0 atom stereocenters. The summed E-state index contributed by atoms with van der Waals surface area (Å²) in [5.74, 6) is -0.547. The lowest BCUT2D eigenvalue weighted by Crippen LogP contribution is -2.49. The van der Waals surface area contributed by atoms with Gasteiger partial charge in [0.05, 0.1) is 13.0 Å². The average molecular weight is 319 g/mol. The number of carbonyl (C=O) groups is 3. The number of piperidine rings is 1. The maximum absolute atomic E-state index is 12.9. The van der Waals surface area contributed by atoms with Crippen molar-refractivity contribution in [2.75, 3.05) is 19.6 Å². The van der Waals surface area contributed by atoms with E-state index < -0.39 is 0 Å². The van der Waals surface area contributed by atoms with E-state index in [0.717, 1.165) is 5.56 Å². The lowest BCUT2D eigenvalue weighted by molar-refractivity contribution is -0.132. The summed E-state index contributed by atoms with van der Waals surface area (Å²) < 4.78 is 12.9. The fraction of sp³-hybridized carbons (Fsp3) is 0.438. The van der Waals surface area contributed by atoms with Gasteiger partial charge in [0.1, 0.15) is 5.82 Å². The van der Waals surface area contributed by atoms with Crippen LogP contribution in [-0.4, -0.2) is 53.3 Å². The number of urea groups is 1. The number of rotatable bonds is 3. The van der Waals surface area contributed by atoms with E-state index in [1.165, 1.54) is 17.0 Å². The second-order valence-corrected chi connectivity index (χ2v) is 5.84. The SMILES string of the molecule is O=C(Cc1ccc(F)cc1)N1CCC(N2C(=O)CNC2=O)CC1. The van der Waals surface area contributed by atoms with E-state index in [-0.39, 0.29) is 42.7 Å². The van der Waals surface area contributed by atoms with E-state index in [1.54, 1.807) is 17.0 Å². The normalized spacial score (nSPS) is 19.2. The van der Waals surface area contributed by atoms with Gasteiger partial charge in [0.15, 0.2) is 0 Å². The molecule has 1 N–H and O–H groups in total. The number of imide groups is 1. The molecule has 0 unspecified atom stereocenters. The van der Waals surface area contributed by atoms with Crippen LogP contribution in [0.1, 0.15) is 18.4 Å². The van der Waals surface area contributed by atoms with Crippen molar-refractivity contribution < 1.29 is 18.8 Å². The second-order valence-electron chi connectivity index (χ2n) is 5.84. The molecule has 23 heavy (non-hydrogen) atoms. The molecule has 2 heterocycles. The Hall–Kier alpha value is -2.44. The Morgan fingerprint density at radius 1 is 1.17 bits per heavy atom. The Balaban J connectivity index is 1.54. The van der Waals surface area contributed by atoms with Crippen molar-refractivity contribution in [3.63, 3.8) is 0 Å². The summed E-state index contributed by atoms with van der Waals surface area (Å²) in [4.78, 5) is 38.6. The van der Waals surface area contributed by atoms with E-state index in [9.17, 15) is 18.8 Å². The highest BCUT2D eigenvalue weighted by molar-refractivity contribution is 6.02. The van der Waals surface area contributed by atoms with Crippen LogP contribution in [0.4, 0.5) is 9.18 Å². The molecule has 3 rings (SSSR count). The molecule has 2 saturated heterocycles. The Labute approximate surface area is 133 Å². The van der Waals surface area contributed by atoms with E-state index in [1.807, 2.05) is 0 Å². The smallest absolute Gasteiger partial charge is 0.324 e. The predicted octanol–water partition coefficient (Wildman–Crippen LogP) is 0.911. The highest BCUT2D eigenvalue weighted by atomic mass is 19.1. The molecule has 122 valence electrons. The van der Waals surface area contributed by atoms with Crippen LogP contribution in [0.3, 0.4) is 0 Å². The van der Waals surface area contributed by atoms with E-state index in [2.05, 4.69) is 5.32 Å². The number of nitrogens with one attached hydrogen (secondary N) is 1. The van der Waals surface area contributed by atoms with Gasteiger partial charge in [-0.2, -0.15) is 0 Å². The highest BCUT2D eigenvalue weighted by Crippen LogP contribution is 2.19. The summed E-state index contributed by atoms with van der Waals surface area (Å²) in [6.45, 7) is 1.09. The summed E-state index contributed by atoms with van der Waals surface area (Å²) in [6.07, 6.45) is 1.41. The van der Waals surface area contributed by atoms with Gasteiger partial charge in [0.25, 0.3) is 0 Å². The van der Waals surface area contributed by atoms with Crippen molar-refractivity contribution in [1.29, 1.82) is 0 Å². The summed E-state index contributed by atoms with van der Waals surface area (Å²) in [5.41, 5.74) is 0.771. The monoisotopic (exact) mass is 319 g/mol. The van der Waals surface area contributed by atoms with Gasteiger partial charge in [0, 0.05) is 19.1 Å². The van der Waals surface area contributed by atoms with Crippen molar-refractivity contribution in [2.45, 2.75) is 25.3 Å². The Morgan fingerprint density at radius 3 is 2.39 bits per heavy atom. The van der Waals surface area contributed by atoms with Crippen LogP contribution in [0.5, 0.6) is 0 Å². The van der Waals surface area contributed by atoms with Crippen molar-refractivity contribution >= 4 is 17.8 Å². The minimum atomic E-state index is -0.342. The number of nitrogens with zero attached hydrogens (tertiary/aromatic N) is 2. The van der Waals surface area contributed by atoms with Gasteiger partial charge < -0.3 is 10.2 Å². The lowest BCUT2D eigenvalue weighted by Gasteiger charge is -2.35. The summed E-state index contributed by atoms with van der Waals surface area (Å²) >= 11 is 0. The highest BCUT2D eigenvalue weighted by Gasteiger charge is 2.37. The first kappa shape index (κ1) is 15.5. The molecular formula is C16H18FN3O3. The van der Waals surface area contributed by atoms with Crippen molar-refractivity contribution in [1.82, 2.24) is 15.1 Å². The van der Waals surface area contributed by atoms with Gasteiger partial charge in [-0.05, 0) is 30.5 Å². The zero-order chi connectivity index (χ0) is 16.4. The molecule has 0 saturated carbocycles. The second kappa shape index (κ2) is 6.36. The Morgan fingerprint density at radius 2 is 1.83 bits per heavy atom. The van der Waals surface area contributed by atoms with Gasteiger partial charge in [-0.3, -0.25) is 14.5 Å². The third kappa shape index (κ3) is 3.33. The first-order valence-corrected chi connectivity index (χ1v) is 7.66. The number of hydrogen-bond acceptors (Lipinski definition) is 3. The number of benzene rings is 1. The van der Waals surface area contributed by atoms with Crippen LogP contribution >= 0.6 is 0 Å². The van der Waals surface area contributed by atoms with Gasteiger partial charge in [-0.15, -0.1) is 0 Å². The average Bonchev–Trinajstić information content (AvgIpc) is 2.88. The molecule has 2 aliphatic rings. The largest absolute Gasteiger partial charge is 0.342 e. The minimum Gasteiger partial charge on any atom is -0.342 e. The van der Waals surface area contributed by atoms with Crippen molar-refractivity contribution in [2.24, 2.45) is 0 Å². The summed E-state index contributed by atoms with van der Waals surface area (Å²) in [6, 6.07) is 5.41. The molecule has 0 aliphatic carbocycles. The molecule has 0 bridgehead atoms. The number of hydrogen-bond donors (Lipinski definition) is 1. The topological polar surface area (TPSA) is 69.7 Å². The first-order valence-electron chi connectivity index (χ1n) is 7.66. The van der Waals surface area contributed by atoms with Gasteiger partial charge in [0.2, 0.25) is 11.8 Å². The number of likely N-dealkylation sites (tertiary alicyclic amines) is 1. The summed E-state index contributed by atoms with van der Waals surface area (Å²) in [5, 5.41) is 2.51. The van der Waals surface area contributed by atoms with Crippen LogP contribution in [0, 0.1) is 5.82 Å². The van der Waals surface area contributed by atoms with Crippen LogP contribution in [0.25, 0.3) is 0 Å². The maximum Gasteiger partial charge on any atom is 0.324 e. The zero-order valence-electron chi connectivity index (χ0n) is 12.6. The minimum absolute atomic E-state index is 0.0211. The third-order valence-electron chi connectivity index (χ3n) is 4.33. The van der Waals surface area contributed by atoms with Gasteiger partial charge in [-0.1, -0.05) is 12.1 Å². The molecular weight excluding hydrogens is 301 g/mol. The molecule has 6 nitrogen and oxygen atoms in total. The quantitative estimate of drug-likeness (QED) is 0.842. The van der Waals surface area contributed by atoms with Crippen LogP contribution in [-0.2, 0) is 16.0 Å². The Bertz CT molecular complexity index is 608. The van der Waals surface area contributed by atoms with Crippen LogP contribution in [0.15, 0.2) is 24.3 Å². The van der Waals surface area contributed by atoms with Crippen LogP contribution < -0.4 is 5.32 Å². The zero-order valence-corrected chi connectivity index (χ0v) is 12.6. The van der Waals surface area contributed by atoms with E-state index in [0.29, 0.717) is 25.9 Å². The molecule has 2 aliphatic heterocycles. The fourth-order valence-electron chi connectivity index (χ4n) is 3.07. The van der Waals surface area contributed by atoms with Gasteiger partial charge >= 0.3 is 6.03 Å². The summed E-state index contributed by atoms with van der Waals surface area (Å²) in [7, 11) is 0. The molecule has 0 radical (unpaired) electrons. The van der Waals surface area contributed by atoms with Crippen molar-refractivity contribution in [3.05, 3.63) is 35.6 Å². The predicted molar refractivity (Wildman–Crippen MR) is 80.0 cm³/mol. The molecule has 0 spiro atoms. The van der Waals surface area contributed by atoms with Crippen LogP contribution in [0.2, 0.25) is 0 Å². The van der Waals surface area contributed by atoms with E-state index in [4.69, 9.17) is 0 Å². The Kier molecular flexibility index (Phi) is 4.27. The third-order valence-corrected chi connectivity index (χ3v) is 4.33. The lowest BCUT2D eigenvalue weighted by atomic mass is 10.0. The first-order chi connectivity index (χ1) is 11.0. The molecule has 2 fully saturated rings.